The number of anilines is 1. The number of carbonyl (C=O) groups is 1. The molecule has 0 spiro atoms. The number of halogens is 1. The Morgan fingerprint density at radius 1 is 1.43 bits per heavy atom. The summed E-state index contributed by atoms with van der Waals surface area (Å²) in [7, 11) is -2.33. The van der Waals surface area contributed by atoms with Gasteiger partial charge in [0.05, 0.1) is 5.02 Å². The van der Waals surface area contributed by atoms with Gasteiger partial charge in [-0.2, -0.15) is 4.31 Å². The average Bonchev–Trinajstić information content (AvgIpc) is 2.46. The molecule has 1 aromatic rings. The van der Waals surface area contributed by atoms with E-state index in [1.54, 1.807) is 0 Å². The van der Waals surface area contributed by atoms with Gasteiger partial charge in [-0.1, -0.05) is 18.0 Å². The lowest BCUT2D eigenvalue weighted by molar-refractivity contribution is -0.125. The van der Waals surface area contributed by atoms with Crippen LogP contribution in [0.15, 0.2) is 23.1 Å². The minimum absolute atomic E-state index is 0.0193. The fourth-order valence-corrected chi connectivity index (χ4v) is 4.66. The van der Waals surface area contributed by atoms with Crippen LogP contribution in [0.5, 0.6) is 0 Å². The van der Waals surface area contributed by atoms with Gasteiger partial charge in [0.1, 0.15) is 10.9 Å². The van der Waals surface area contributed by atoms with Crippen LogP contribution < -0.4 is 11.1 Å². The molecule has 1 saturated heterocycles. The van der Waals surface area contributed by atoms with Crippen LogP contribution >= 0.6 is 11.6 Å². The molecule has 116 valence electrons. The second-order valence-corrected chi connectivity index (χ2v) is 7.20. The standard InChI is InChI=1S/C13H18ClN3O3S/c1-16-13(18)11-4-2-3-7-17(11)21(19,20)12-6-5-9(15)8-10(12)14/h5-6,8,11H,2-4,7,15H2,1H3,(H,16,18). The minimum atomic E-state index is -3.83. The van der Waals surface area contributed by atoms with Crippen molar-refractivity contribution in [1.82, 2.24) is 9.62 Å². The molecule has 3 N–H and O–H groups in total. The Kier molecular flexibility index (Phi) is 4.75. The SMILES string of the molecule is CNC(=O)C1CCCCN1S(=O)(=O)c1ccc(N)cc1Cl. The molecule has 0 saturated carbocycles. The molecule has 8 heteroatoms. The summed E-state index contributed by atoms with van der Waals surface area (Å²) < 4.78 is 26.8. The number of sulfonamides is 1. The molecule has 1 amide bonds. The highest BCUT2D eigenvalue weighted by atomic mass is 35.5. The second-order valence-electron chi connectivity index (χ2n) is 4.93. The normalized spacial score (nSPS) is 20.2. The lowest BCUT2D eigenvalue weighted by Crippen LogP contribution is -2.51. The maximum atomic E-state index is 12.8. The summed E-state index contributed by atoms with van der Waals surface area (Å²) in [6.07, 6.45) is 2.05. The number of benzene rings is 1. The number of amides is 1. The predicted molar refractivity (Wildman–Crippen MR) is 81.5 cm³/mol. The van der Waals surface area contributed by atoms with E-state index in [-0.39, 0.29) is 15.8 Å². The van der Waals surface area contributed by atoms with Gasteiger partial charge in [-0.3, -0.25) is 4.79 Å². The van der Waals surface area contributed by atoms with Crippen LogP contribution in [0.25, 0.3) is 0 Å². The molecule has 1 fully saturated rings. The first-order valence-corrected chi connectivity index (χ1v) is 8.48. The lowest BCUT2D eigenvalue weighted by Gasteiger charge is -2.33. The van der Waals surface area contributed by atoms with Gasteiger partial charge in [0.25, 0.3) is 0 Å². The monoisotopic (exact) mass is 331 g/mol. The fraction of sp³-hybridized carbons (Fsp3) is 0.462. The lowest BCUT2D eigenvalue weighted by atomic mass is 10.0. The van der Waals surface area contributed by atoms with Crippen molar-refractivity contribution in [2.75, 3.05) is 19.3 Å². The summed E-state index contributed by atoms with van der Waals surface area (Å²) in [5.41, 5.74) is 5.98. The highest BCUT2D eigenvalue weighted by Crippen LogP contribution is 2.30. The van der Waals surface area contributed by atoms with Crippen LogP contribution in [0.1, 0.15) is 19.3 Å². The number of hydrogen-bond donors (Lipinski definition) is 2. The average molecular weight is 332 g/mol. The summed E-state index contributed by atoms with van der Waals surface area (Å²) in [6, 6.07) is 3.57. The fourth-order valence-electron chi connectivity index (χ4n) is 2.47. The second kappa shape index (κ2) is 6.21. The summed E-state index contributed by atoms with van der Waals surface area (Å²) in [5.74, 6) is -0.301. The minimum Gasteiger partial charge on any atom is -0.399 e. The number of rotatable bonds is 3. The van der Waals surface area contributed by atoms with Crippen molar-refractivity contribution in [2.24, 2.45) is 0 Å². The number of nitrogens with zero attached hydrogens (tertiary/aromatic N) is 1. The zero-order valence-corrected chi connectivity index (χ0v) is 13.2. The van der Waals surface area contributed by atoms with E-state index < -0.39 is 16.1 Å². The Morgan fingerprint density at radius 2 is 2.14 bits per heavy atom. The third-order valence-corrected chi connectivity index (χ3v) is 5.94. The van der Waals surface area contributed by atoms with Gasteiger partial charge in [0, 0.05) is 19.3 Å². The molecule has 2 rings (SSSR count). The van der Waals surface area contributed by atoms with Crippen molar-refractivity contribution in [3.05, 3.63) is 23.2 Å². The zero-order chi connectivity index (χ0) is 15.6. The van der Waals surface area contributed by atoms with Crippen LogP contribution in [0, 0.1) is 0 Å². The van der Waals surface area contributed by atoms with Gasteiger partial charge >= 0.3 is 0 Å². The molecule has 1 atom stereocenters. The van der Waals surface area contributed by atoms with Crippen LogP contribution in [0.3, 0.4) is 0 Å². The van der Waals surface area contributed by atoms with Crippen molar-refractivity contribution in [3.63, 3.8) is 0 Å². The number of nitrogens with two attached hydrogens (primary N) is 1. The number of hydrogen-bond acceptors (Lipinski definition) is 4. The van der Waals surface area contributed by atoms with Crippen LogP contribution in [-0.4, -0.2) is 38.3 Å². The van der Waals surface area contributed by atoms with Crippen molar-refractivity contribution >= 4 is 33.2 Å². The number of nitrogens with one attached hydrogen (secondary N) is 1. The van der Waals surface area contributed by atoms with Crippen molar-refractivity contribution in [3.8, 4) is 0 Å². The smallest absolute Gasteiger partial charge is 0.245 e. The zero-order valence-electron chi connectivity index (χ0n) is 11.7. The third kappa shape index (κ3) is 3.14. The first-order chi connectivity index (χ1) is 9.87. The summed E-state index contributed by atoms with van der Waals surface area (Å²) >= 11 is 6.01. The van der Waals surface area contributed by atoms with Crippen molar-refractivity contribution in [1.29, 1.82) is 0 Å². The highest BCUT2D eigenvalue weighted by Gasteiger charge is 2.38. The molecule has 0 aromatic heterocycles. The van der Waals surface area contributed by atoms with Crippen LogP contribution in [0.2, 0.25) is 5.02 Å². The van der Waals surface area contributed by atoms with Gasteiger partial charge in [0.2, 0.25) is 15.9 Å². The van der Waals surface area contributed by atoms with E-state index in [1.807, 2.05) is 0 Å². The van der Waals surface area contributed by atoms with Gasteiger partial charge in [0.15, 0.2) is 0 Å². The molecule has 0 bridgehead atoms. The first kappa shape index (κ1) is 16.1. The Morgan fingerprint density at radius 3 is 2.76 bits per heavy atom. The van der Waals surface area contributed by atoms with Crippen LogP contribution in [-0.2, 0) is 14.8 Å². The maximum Gasteiger partial charge on any atom is 0.245 e. The first-order valence-electron chi connectivity index (χ1n) is 6.66. The van der Waals surface area contributed by atoms with Crippen molar-refractivity contribution in [2.45, 2.75) is 30.2 Å². The Labute approximate surface area is 129 Å². The summed E-state index contributed by atoms with van der Waals surface area (Å²) in [4.78, 5) is 11.9. The van der Waals surface area contributed by atoms with E-state index in [0.717, 1.165) is 12.8 Å². The van der Waals surface area contributed by atoms with Gasteiger partial charge in [-0.15, -0.1) is 0 Å². The number of likely N-dealkylation sites (N-methyl/N-ethyl adjacent to an activating group) is 1. The molecule has 1 aliphatic heterocycles. The molecule has 1 heterocycles. The largest absolute Gasteiger partial charge is 0.399 e. The van der Waals surface area contributed by atoms with Crippen molar-refractivity contribution < 1.29 is 13.2 Å². The highest BCUT2D eigenvalue weighted by molar-refractivity contribution is 7.89. The Balaban J connectivity index is 2.43. The molecule has 6 nitrogen and oxygen atoms in total. The number of piperidine rings is 1. The summed E-state index contributed by atoms with van der Waals surface area (Å²) in [6.45, 7) is 0.307. The van der Waals surface area contributed by atoms with Gasteiger partial charge < -0.3 is 11.1 Å². The Hall–Kier alpha value is -1.31. The van der Waals surface area contributed by atoms with E-state index in [9.17, 15) is 13.2 Å². The van der Waals surface area contributed by atoms with E-state index in [4.69, 9.17) is 17.3 Å². The van der Waals surface area contributed by atoms with E-state index in [1.165, 1.54) is 29.6 Å². The van der Waals surface area contributed by atoms with Gasteiger partial charge in [-0.25, -0.2) is 8.42 Å². The molecule has 1 aromatic carbocycles. The molecule has 0 radical (unpaired) electrons. The topological polar surface area (TPSA) is 92.5 Å². The summed E-state index contributed by atoms with van der Waals surface area (Å²) in [5, 5.41) is 2.58. The van der Waals surface area contributed by atoms with Crippen LogP contribution in [0.4, 0.5) is 5.69 Å². The van der Waals surface area contributed by atoms with E-state index in [0.29, 0.717) is 18.7 Å². The van der Waals surface area contributed by atoms with Gasteiger partial charge in [-0.05, 0) is 31.0 Å². The third-order valence-electron chi connectivity index (χ3n) is 3.55. The number of carbonyl (C=O) groups excluding carboxylic acids is 1. The molecule has 1 unspecified atom stereocenters. The Bertz CT molecular complexity index is 648. The quantitative estimate of drug-likeness (QED) is 0.814. The molecular weight excluding hydrogens is 314 g/mol. The molecule has 1 aliphatic rings. The maximum absolute atomic E-state index is 12.8. The molecule has 0 aliphatic carbocycles. The molecule has 21 heavy (non-hydrogen) atoms. The van der Waals surface area contributed by atoms with E-state index in [2.05, 4.69) is 5.32 Å². The number of nitrogen functional groups attached to an aromatic ring is 1. The predicted octanol–water partition coefficient (Wildman–Crippen LogP) is 1.21. The molecular formula is C13H18ClN3O3S. The van der Waals surface area contributed by atoms with E-state index >= 15 is 0 Å².